The number of imidazole rings is 2. The Balaban J connectivity index is 1.09. The van der Waals surface area contributed by atoms with Gasteiger partial charge in [0.15, 0.2) is 0 Å². The van der Waals surface area contributed by atoms with Crippen molar-refractivity contribution in [2.24, 2.45) is 5.92 Å². The molecule has 1 saturated heterocycles. The molecule has 4 heterocycles. The lowest BCUT2D eigenvalue weighted by Gasteiger charge is -2.30. The minimum absolute atomic E-state index is 0.00262. The van der Waals surface area contributed by atoms with Crippen LogP contribution in [0.25, 0.3) is 16.8 Å². The number of methoxy groups -OCH3 is 2. The second-order valence-electron chi connectivity index (χ2n) is 13.1. The van der Waals surface area contributed by atoms with Gasteiger partial charge in [-0.2, -0.15) is 18.2 Å². The Kier molecular flexibility index (Phi) is 9.12. The van der Waals surface area contributed by atoms with Crippen LogP contribution in [0, 0.1) is 5.92 Å². The number of aryl methyl sites for hydroxylation is 1. The van der Waals surface area contributed by atoms with Crippen LogP contribution in [0.3, 0.4) is 0 Å². The number of halogens is 3. The fraction of sp³-hybridized carbons (Fsp3) is 0.405. The van der Waals surface area contributed by atoms with Crippen LogP contribution in [-0.2, 0) is 37.8 Å². The van der Waals surface area contributed by atoms with E-state index in [0.29, 0.717) is 41.8 Å². The van der Waals surface area contributed by atoms with Crippen molar-refractivity contribution in [2.45, 2.75) is 64.5 Å². The lowest BCUT2D eigenvalue weighted by molar-refractivity contribution is -0.137. The summed E-state index contributed by atoms with van der Waals surface area (Å²) < 4.78 is 60.8. The summed E-state index contributed by atoms with van der Waals surface area (Å²) in [4.78, 5) is 21.3. The van der Waals surface area contributed by atoms with Crippen molar-refractivity contribution >= 4 is 16.8 Å². The van der Waals surface area contributed by atoms with E-state index in [9.17, 15) is 18.3 Å². The summed E-state index contributed by atoms with van der Waals surface area (Å²) in [6.45, 7) is 7.50. The number of ether oxygens (including phenoxy) is 3. The number of alkyl halides is 3. The highest BCUT2D eigenvalue weighted by Gasteiger charge is 2.59. The van der Waals surface area contributed by atoms with E-state index in [0.717, 1.165) is 73.0 Å². The third kappa shape index (κ3) is 6.60. The predicted molar refractivity (Wildman–Crippen MR) is 184 cm³/mol. The smallest absolute Gasteiger partial charge is 0.416 e. The number of aromatic nitrogens is 6. The first-order chi connectivity index (χ1) is 24.6. The van der Waals surface area contributed by atoms with Crippen LogP contribution in [0.2, 0.25) is 0 Å². The first kappa shape index (κ1) is 34.3. The summed E-state index contributed by atoms with van der Waals surface area (Å²) in [5, 5.41) is 10.6. The van der Waals surface area contributed by atoms with Crippen LogP contribution in [-0.4, -0.2) is 66.4 Å². The Morgan fingerprint density at radius 3 is 2.63 bits per heavy atom. The summed E-state index contributed by atoms with van der Waals surface area (Å²) in [6, 6.07) is 8.79. The molecule has 2 aliphatic rings. The van der Waals surface area contributed by atoms with E-state index in [1.807, 2.05) is 24.7 Å². The molecular formula is C37H40F3N7O4. The van der Waals surface area contributed by atoms with E-state index in [1.165, 1.54) is 13.2 Å². The fourth-order valence-corrected chi connectivity index (χ4v) is 7.20. The van der Waals surface area contributed by atoms with Gasteiger partial charge in [0.2, 0.25) is 5.88 Å². The van der Waals surface area contributed by atoms with Gasteiger partial charge in [-0.3, -0.25) is 4.90 Å². The highest BCUT2D eigenvalue weighted by molar-refractivity contribution is 5.86. The molecule has 0 spiro atoms. The molecular weight excluding hydrogens is 663 g/mol. The number of aliphatic hydroxyl groups is 1. The molecule has 1 saturated carbocycles. The SMILES string of the molecule is C/C=C(\O)c1cc(OC)c2nc(CN3CCC4(c5nccc(OCc6ccc(C(F)(F)F)cc6OC)n5)CC4C3)n(Cc3cncn3CC)c2c1. The average Bonchev–Trinajstić information content (AvgIpc) is 3.54. The van der Waals surface area contributed by atoms with Crippen molar-refractivity contribution < 1.29 is 32.5 Å². The van der Waals surface area contributed by atoms with Crippen molar-refractivity contribution in [3.63, 3.8) is 0 Å². The summed E-state index contributed by atoms with van der Waals surface area (Å²) in [5.41, 5.74) is 2.86. The Morgan fingerprint density at radius 2 is 1.90 bits per heavy atom. The van der Waals surface area contributed by atoms with Gasteiger partial charge in [-0.25, -0.2) is 15.0 Å². The van der Waals surface area contributed by atoms with Crippen LogP contribution >= 0.6 is 0 Å². The first-order valence-corrected chi connectivity index (χ1v) is 16.9. The van der Waals surface area contributed by atoms with Crippen molar-refractivity contribution in [3.8, 4) is 17.4 Å². The second-order valence-corrected chi connectivity index (χ2v) is 13.1. The number of likely N-dealkylation sites (tertiary alicyclic amines) is 1. The van der Waals surface area contributed by atoms with E-state index in [1.54, 1.807) is 32.4 Å². The number of aliphatic hydroxyl groups excluding tert-OH is 1. The number of fused-ring (bicyclic) bond motifs is 2. The van der Waals surface area contributed by atoms with Gasteiger partial charge in [0.1, 0.15) is 41.0 Å². The molecule has 11 nitrogen and oxygen atoms in total. The van der Waals surface area contributed by atoms with Crippen LogP contribution in [0.15, 0.2) is 61.2 Å². The molecule has 3 aromatic heterocycles. The van der Waals surface area contributed by atoms with Crippen LogP contribution in [0.5, 0.6) is 17.4 Å². The largest absolute Gasteiger partial charge is 0.508 e. The molecule has 2 aromatic carbocycles. The maximum Gasteiger partial charge on any atom is 0.416 e. The highest BCUT2D eigenvalue weighted by atomic mass is 19.4. The fourth-order valence-electron chi connectivity index (χ4n) is 7.20. The lowest BCUT2D eigenvalue weighted by Crippen LogP contribution is -2.37. The molecule has 0 amide bonds. The lowest BCUT2D eigenvalue weighted by atomic mass is 9.94. The van der Waals surface area contributed by atoms with Gasteiger partial charge >= 0.3 is 6.18 Å². The number of hydrogen-bond acceptors (Lipinski definition) is 9. The van der Waals surface area contributed by atoms with Crippen LogP contribution in [0.4, 0.5) is 13.2 Å². The molecule has 2 atom stereocenters. The maximum absolute atomic E-state index is 13.2. The topological polar surface area (TPSA) is 113 Å². The van der Waals surface area contributed by atoms with Crippen molar-refractivity contribution in [1.82, 2.24) is 34.0 Å². The molecule has 0 bridgehead atoms. The molecule has 1 N–H and O–H groups in total. The summed E-state index contributed by atoms with van der Waals surface area (Å²) in [7, 11) is 2.95. The van der Waals surface area contributed by atoms with Crippen molar-refractivity contribution in [1.29, 1.82) is 0 Å². The van der Waals surface area contributed by atoms with E-state index >= 15 is 0 Å². The van der Waals surface area contributed by atoms with Gasteiger partial charge in [-0.15, -0.1) is 0 Å². The van der Waals surface area contributed by atoms with Crippen molar-refractivity contribution in [2.75, 3.05) is 27.3 Å². The summed E-state index contributed by atoms with van der Waals surface area (Å²) in [6.07, 6.45) is 4.38. The van der Waals surface area contributed by atoms with Gasteiger partial charge in [0.05, 0.1) is 50.4 Å². The van der Waals surface area contributed by atoms with Crippen LogP contribution in [0.1, 0.15) is 60.7 Å². The first-order valence-electron chi connectivity index (χ1n) is 16.9. The number of benzene rings is 2. The van der Waals surface area contributed by atoms with E-state index < -0.39 is 11.7 Å². The Bertz CT molecular complexity index is 2090. The molecule has 51 heavy (non-hydrogen) atoms. The van der Waals surface area contributed by atoms with Gasteiger partial charge in [0.25, 0.3) is 0 Å². The quantitative estimate of drug-likeness (QED) is 0.141. The molecule has 2 unspecified atom stereocenters. The number of allylic oxidation sites excluding steroid dienone is 1. The number of nitrogens with zero attached hydrogens (tertiary/aromatic N) is 7. The van der Waals surface area contributed by atoms with Gasteiger partial charge in [-0.1, -0.05) is 6.07 Å². The van der Waals surface area contributed by atoms with Crippen molar-refractivity contribution in [3.05, 3.63) is 95.2 Å². The summed E-state index contributed by atoms with van der Waals surface area (Å²) in [5.74, 6) is 3.20. The second kappa shape index (κ2) is 13.5. The zero-order chi connectivity index (χ0) is 35.9. The molecule has 5 aromatic rings. The predicted octanol–water partition coefficient (Wildman–Crippen LogP) is 6.79. The van der Waals surface area contributed by atoms with Gasteiger partial charge in [-0.05, 0) is 69.5 Å². The zero-order valence-corrected chi connectivity index (χ0v) is 28.9. The standard InChI is InChI=1S/C37H40F3N7O4/c1-5-29(48)24-13-28-34(31(14-24)50-4)43-32(47(28)19-27-17-41-22-46(27)6-2)20-45-12-10-36(16-26(36)18-45)35-42-11-9-33(44-35)51-21-23-7-8-25(37(38,39)40)15-30(23)49-3/h5,7-9,11,13-15,17,22,26,48H,6,10,12,16,18-21H2,1-4H3/b29-5-. The Labute approximate surface area is 293 Å². The van der Waals surface area contributed by atoms with E-state index in [-0.39, 0.29) is 23.5 Å². The molecule has 7 rings (SSSR count). The molecule has 0 radical (unpaired) electrons. The molecule has 268 valence electrons. The van der Waals surface area contributed by atoms with Crippen LogP contribution < -0.4 is 14.2 Å². The molecule has 14 heteroatoms. The molecule has 1 aliphatic carbocycles. The summed E-state index contributed by atoms with van der Waals surface area (Å²) >= 11 is 0. The average molecular weight is 704 g/mol. The zero-order valence-electron chi connectivity index (χ0n) is 28.9. The Hall–Kier alpha value is -5.11. The number of piperidine rings is 1. The monoisotopic (exact) mass is 703 g/mol. The highest BCUT2D eigenvalue weighted by Crippen LogP contribution is 2.58. The normalized spacial score (nSPS) is 19.3. The number of hydrogen-bond donors (Lipinski definition) is 1. The molecule has 1 aliphatic heterocycles. The minimum Gasteiger partial charge on any atom is -0.508 e. The number of rotatable bonds is 12. The van der Waals surface area contributed by atoms with Gasteiger partial charge < -0.3 is 28.5 Å². The van der Waals surface area contributed by atoms with E-state index in [4.69, 9.17) is 24.2 Å². The maximum atomic E-state index is 13.2. The van der Waals surface area contributed by atoms with E-state index in [2.05, 4.69) is 30.9 Å². The third-order valence-corrected chi connectivity index (χ3v) is 10.2. The molecule has 2 fully saturated rings. The third-order valence-electron chi connectivity index (χ3n) is 10.2. The Morgan fingerprint density at radius 1 is 1.08 bits per heavy atom. The minimum atomic E-state index is -4.47. The van der Waals surface area contributed by atoms with Gasteiger partial charge in [0, 0.05) is 48.1 Å².